The Kier molecular flexibility index (Phi) is 6.79. The van der Waals surface area contributed by atoms with Gasteiger partial charge < -0.3 is 14.8 Å². The van der Waals surface area contributed by atoms with E-state index in [0.29, 0.717) is 0 Å². The highest BCUT2D eigenvalue weighted by Crippen LogP contribution is 2.19. The van der Waals surface area contributed by atoms with Crippen molar-refractivity contribution in [3.63, 3.8) is 0 Å². The Morgan fingerprint density at radius 1 is 1.00 bits per heavy atom. The minimum atomic E-state index is 0.254. The van der Waals surface area contributed by atoms with Gasteiger partial charge in [-0.3, -0.25) is 0 Å². The molecule has 0 saturated heterocycles. The van der Waals surface area contributed by atoms with Crippen molar-refractivity contribution in [3.8, 4) is 11.5 Å². The van der Waals surface area contributed by atoms with Crippen molar-refractivity contribution in [3.05, 3.63) is 54.1 Å². The minimum absolute atomic E-state index is 0.254. The Bertz CT molecular complexity index is 580. The van der Waals surface area contributed by atoms with Crippen LogP contribution in [0.2, 0.25) is 0 Å². The molecule has 1 N–H and O–H groups in total. The third-order valence-corrected chi connectivity index (χ3v) is 3.64. The van der Waals surface area contributed by atoms with E-state index in [-0.39, 0.29) is 6.10 Å². The predicted molar refractivity (Wildman–Crippen MR) is 96.4 cm³/mol. The summed E-state index contributed by atoms with van der Waals surface area (Å²) >= 11 is 0. The Balaban J connectivity index is 1.88. The van der Waals surface area contributed by atoms with E-state index in [9.17, 15) is 0 Å². The fourth-order valence-electron chi connectivity index (χ4n) is 2.12. The molecule has 0 bridgehead atoms. The highest BCUT2D eigenvalue weighted by molar-refractivity contribution is 5.48. The Morgan fingerprint density at radius 3 is 2.48 bits per heavy atom. The van der Waals surface area contributed by atoms with Crippen LogP contribution in [0.25, 0.3) is 0 Å². The lowest BCUT2D eigenvalue weighted by molar-refractivity contribution is 0.217. The molecule has 0 amide bonds. The third kappa shape index (κ3) is 5.85. The number of hydrogen-bond acceptors (Lipinski definition) is 3. The number of ether oxygens (including phenoxy) is 2. The maximum atomic E-state index is 5.80. The van der Waals surface area contributed by atoms with Gasteiger partial charge in [-0.2, -0.15) is 0 Å². The van der Waals surface area contributed by atoms with Gasteiger partial charge >= 0.3 is 0 Å². The first-order chi connectivity index (χ1) is 11.2. The lowest BCUT2D eigenvalue weighted by atomic mass is 10.2. The van der Waals surface area contributed by atoms with Crippen LogP contribution in [0, 0.1) is 0 Å². The van der Waals surface area contributed by atoms with Gasteiger partial charge in [0.25, 0.3) is 0 Å². The molecule has 0 aliphatic carbocycles. The van der Waals surface area contributed by atoms with Gasteiger partial charge in [0, 0.05) is 18.3 Å². The quantitative estimate of drug-likeness (QED) is 0.684. The first kappa shape index (κ1) is 17.2. The second kappa shape index (κ2) is 9.09. The highest BCUT2D eigenvalue weighted by atomic mass is 16.5. The fourth-order valence-corrected chi connectivity index (χ4v) is 2.12. The molecule has 0 saturated carbocycles. The van der Waals surface area contributed by atoms with E-state index < -0.39 is 0 Å². The number of hydrogen-bond donors (Lipinski definition) is 1. The zero-order valence-corrected chi connectivity index (χ0v) is 14.3. The molecule has 0 radical (unpaired) electrons. The van der Waals surface area contributed by atoms with Gasteiger partial charge in [-0.25, -0.2) is 0 Å². The Labute approximate surface area is 139 Å². The number of nitrogens with one attached hydrogen (secondary N) is 1. The van der Waals surface area contributed by atoms with Crippen molar-refractivity contribution in [1.82, 2.24) is 0 Å². The second-order valence-corrected chi connectivity index (χ2v) is 5.71. The van der Waals surface area contributed by atoms with E-state index in [1.165, 1.54) is 5.56 Å². The van der Waals surface area contributed by atoms with Crippen LogP contribution in [-0.2, 0) is 6.54 Å². The predicted octanol–water partition coefficient (Wildman–Crippen LogP) is 5.26. The standard InChI is InChI=1S/C20H27NO2/c1-4-13-22-20-8-6-7-18(14-20)21-15-17-9-11-19(12-10-17)23-16(3)5-2/h6-12,14,16,21H,4-5,13,15H2,1-3H3. The molecular weight excluding hydrogens is 286 g/mol. The van der Waals surface area contributed by atoms with Crippen LogP contribution in [0.3, 0.4) is 0 Å². The van der Waals surface area contributed by atoms with Gasteiger partial charge in [-0.15, -0.1) is 0 Å². The lowest BCUT2D eigenvalue weighted by Gasteiger charge is -2.13. The smallest absolute Gasteiger partial charge is 0.121 e. The topological polar surface area (TPSA) is 30.5 Å². The van der Waals surface area contributed by atoms with Crippen LogP contribution in [0.4, 0.5) is 5.69 Å². The summed E-state index contributed by atoms with van der Waals surface area (Å²) in [7, 11) is 0. The molecule has 0 aliphatic rings. The zero-order valence-electron chi connectivity index (χ0n) is 14.3. The van der Waals surface area contributed by atoms with Crippen LogP contribution < -0.4 is 14.8 Å². The molecule has 0 heterocycles. The maximum Gasteiger partial charge on any atom is 0.121 e. The lowest BCUT2D eigenvalue weighted by Crippen LogP contribution is -2.09. The van der Waals surface area contributed by atoms with E-state index in [0.717, 1.165) is 43.2 Å². The summed E-state index contributed by atoms with van der Waals surface area (Å²) in [6.07, 6.45) is 2.28. The molecule has 2 aromatic carbocycles. The van der Waals surface area contributed by atoms with Crippen LogP contribution in [0.5, 0.6) is 11.5 Å². The zero-order chi connectivity index (χ0) is 16.5. The van der Waals surface area contributed by atoms with Gasteiger partial charge in [-0.1, -0.05) is 32.0 Å². The summed E-state index contributed by atoms with van der Waals surface area (Å²) in [6.45, 7) is 7.85. The molecule has 23 heavy (non-hydrogen) atoms. The van der Waals surface area contributed by atoms with Crippen LogP contribution in [0.15, 0.2) is 48.5 Å². The molecule has 1 unspecified atom stereocenters. The highest BCUT2D eigenvalue weighted by Gasteiger charge is 2.01. The van der Waals surface area contributed by atoms with Gasteiger partial charge in [0.15, 0.2) is 0 Å². The summed E-state index contributed by atoms with van der Waals surface area (Å²) in [4.78, 5) is 0. The first-order valence-electron chi connectivity index (χ1n) is 8.43. The van der Waals surface area contributed by atoms with Crippen LogP contribution in [-0.4, -0.2) is 12.7 Å². The van der Waals surface area contributed by atoms with E-state index in [1.807, 2.05) is 30.3 Å². The van der Waals surface area contributed by atoms with Crippen LogP contribution in [0.1, 0.15) is 39.2 Å². The van der Waals surface area contributed by atoms with Gasteiger partial charge in [-0.05, 0) is 49.6 Å². The van der Waals surface area contributed by atoms with Crippen molar-refractivity contribution >= 4 is 5.69 Å². The maximum absolute atomic E-state index is 5.80. The normalized spacial score (nSPS) is 11.8. The van der Waals surface area contributed by atoms with E-state index in [1.54, 1.807) is 0 Å². The van der Waals surface area contributed by atoms with E-state index >= 15 is 0 Å². The van der Waals surface area contributed by atoms with Gasteiger partial charge in [0.05, 0.1) is 12.7 Å². The average molecular weight is 313 g/mol. The molecule has 0 spiro atoms. The Hall–Kier alpha value is -2.16. The Morgan fingerprint density at radius 2 is 1.78 bits per heavy atom. The second-order valence-electron chi connectivity index (χ2n) is 5.71. The number of anilines is 1. The van der Waals surface area contributed by atoms with Crippen molar-refractivity contribution in [1.29, 1.82) is 0 Å². The molecule has 124 valence electrons. The molecule has 2 rings (SSSR count). The molecular formula is C20H27NO2. The van der Waals surface area contributed by atoms with Crippen molar-refractivity contribution in [2.75, 3.05) is 11.9 Å². The summed E-state index contributed by atoms with van der Waals surface area (Å²) < 4.78 is 11.5. The number of benzene rings is 2. The summed E-state index contributed by atoms with van der Waals surface area (Å²) in [5, 5.41) is 3.43. The summed E-state index contributed by atoms with van der Waals surface area (Å²) in [5.74, 6) is 1.84. The SMILES string of the molecule is CCCOc1cccc(NCc2ccc(OC(C)CC)cc2)c1. The first-order valence-corrected chi connectivity index (χ1v) is 8.43. The van der Waals surface area contributed by atoms with Crippen molar-refractivity contribution < 1.29 is 9.47 Å². The summed E-state index contributed by atoms with van der Waals surface area (Å²) in [5.41, 5.74) is 2.29. The fraction of sp³-hybridized carbons (Fsp3) is 0.400. The third-order valence-electron chi connectivity index (χ3n) is 3.64. The van der Waals surface area contributed by atoms with Crippen LogP contribution >= 0.6 is 0 Å². The van der Waals surface area contributed by atoms with Crippen molar-refractivity contribution in [2.45, 2.75) is 46.3 Å². The monoisotopic (exact) mass is 313 g/mol. The number of rotatable bonds is 9. The molecule has 2 aromatic rings. The molecule has 0 fully saturated rings. The largest absolute Gasteiger partial charge is 0.494 e. The molecule has 1 atom stereocenters. The molecule has 3 heteroatoms. The average Bonchev–Trinajstić information content (AvgIpc) is 2.59. The molecule has 0 aromatic heterocycles. The van der Waals surface area contributed by atoms with Crippen molar-refractivity contribution in [2.24, 2.45) is 0 Å². The van der Waals surface area contributed by atoms with Gasteiger partial charge in [0.1, 0.15) is 11.5 Å². The molecule has 0 aliphatic heterocycles. The van der Waals surface area contributed by atoms with E-state index in [4.69, 9.17) is 9.47 Å². The van der Waals surface area contributed by atoms with E-state index in [2.05, 4.69) is 44.3 Å². The minimum Gasteiger partial charge on any atom is -0.494 e. The summed E-state index contributed by atoms with van der Waals surface area (Å²) in [6, 6.07) is 16.4. The van der Waals surface area contributed by atoms with Gasteiger partial charge in [0.2, 0.25) is 0 Å². The molecule has 3 nitrogen and oxygen atoms in total.